The number of halogens is 1. The molecule has 5 heterocycles. The minimum atomic E-state index is -0.980. The summed E-state index contributed by atoms with van der Waals surface area (Å²) < 4.78 is 19.2. The molecule has 0 saturated carbocycles. The van der Waals surface area contributed by atoms with Crippen LogP contribution in [0, 0.1) is 5.82 Å². The van der Waals surface area contributed by atoms with Gasteiger partial charge < -0.3 is 20.5 Å². The molecule has 0 radical (unpaired) electrons. The van der Waals surface area contributed by atoms with Gasteiger partial charge in [0.1, 0.15) is 41.9 Å². The molecule has 1 aliphatic rings. The van der Waals surface area contributed by atoms with Crippen LogP contribution in [0.15, 0.2) is 55.2 Å². The van der Waals surface area contributed by atoms with Crippen LogP contribution in [-0.2, 0) is 17.6 Å². The van der Waals surface area contributed by atoms with Gasteiger partial charge in [0, 0.05) is 37.6 Å². The van der Waals surface area contributed by atoms with Crippen LogP contribution in [0.25, 0.3) is 11.0 Å². The van der Waals surface area contributed by atoms with Crippen LogP contribution in [0.4, 0.5) is 16.0 Å². The van der Waals surface area contributed by atoms with Crippen molar-refractivity contribution in [1.82, 2.24) is 29.8 Å². The first kappa shape index (κ1) is 29.1. The summed E-state index contributed by atoms with van der Waals surface area (Å²) >= 11 is 0. The van der Waals surface area contributed by atoms with Crippen LogP contribution >= 0.6 is 0 Å². The number of aromatic nitrogens is 5. The van der Waals surface area contributed by atoms with E-state index in [-0.39, 0.29) is 0 Å². The fourth-order valence-electron chi connectivity index (χ4n) is 4.98. The number of aliphatic carboxylic acids is 1. The topological polar surface area (TPSA) is 138 Å². The molecular weight excluding hydrogens is 539 g/mol. The lowest BCUT2D eigenvalue weighted by molar-refractivity contribution is -0.138. The second-order valence-electron chi connectivity index (χ2n) is 10.2. The third-order valence-electron chi connectivity index (χ3n) is 7.20. The fourth-order valence-corrected chi connectivity index (χ4v) is 4.98. The summed E-state index contributed by atoms with van der Waals surface area (Å²) in [6, 6.07) is 8.27. The molecule has 0 bridgehead atoms. The van der Waals surface area contributed by atoms with Crippen molar-refractivity contribution in [3.63, 3.8) is 0 Å². The highest BCUT2D eigenvalue weighted by Gasteiger charge is 2.21. The van der Waals surface area contributed by atoms with E-state index in [1.807, 2.05) is 0 Å². The fraction of sp³-hybridized carbons (Fsp3) is 0.400. The van der Waals surface area contributed by atoms with Gasteiger partial charge in [-0.25, -0.2) is 24.1 Å². The molecule has 1 aliphatic heterocycles. The highest BCUT2D eigenvalue weighted by molar-refractivity contribution is 5.87. The first-order valence-corrected chi connectivity index (χ1v) is 14.3. The number of carbonyl (C=O) groups is 1. The molecule has 0 aliphatic carbocycles. The van der Waals surface area contributed by atoms with Gasteiger partial charge in [-0.2, -0.15) is 0 Å². The Kier molecular flexibility index (Phi) is 9.99. The summed E-state index contributed by atoms with van der Waals surface area (Å²) in [6.07, 6.45) is 10.8. The number of unbranched alkanes of at least 4 members (excludes halogenated alkanes) is 1. The third-order valence-corrected chi connectivity index (χ3v) is 7.20. The number of hydrogen-bond acceptors (Lipinski definition) is 10. The molecule has 4 aromatic heterocycles. The summed E-state index contributed by atoms with van der Waals surface area (Å²) in [5.41, 5.74) is 3.50. The zero-order chi connectivity index (χ0) is 29.1. The maximum absolute atomic E-state index is 13.5. The van der Waals surface area contributed by atoms with E-state index in [4.69, 9.17) is 9.72 Å². The van der Waals surface area contributed by atoms with E-state index in [9.17, 15) is 14.3 Å². The Morgan fingerprint density at radius 3 is 2.95 bits per heavy atom. The minimum Gasteiger partial charge on any atom is -0.491 e. The monoisotopic (exact) mass is 574 g/mol. The third kappa shape index (κ3) is 8.06. The van der Waals surface area contributed by atoms with Gasteiger partial charge in [-0.05, 0) is 68.8 Å². The Morgan fingerprint density at radius 2 is 2.07 bits per heavy atom. The van der Waals surface area contributed by atoms with Crippen molar-refractivity contribution in [1.29, 1.82) is 0 Å². The van der Waals surface area contributed by atoms with E-state index >= 15 is 0 Å². The van der Waals surface area contributed by atoms with Gasteiger partial charge in [0.2, 0.25) is 0 Å². The average Bonchev–Trinajstić information content (AvgIpc) is 3.00. The predicted octanol–water partition coefficient (Wildman–Crippen LogP) is 3.97. The zero-order valence-corrected chi connectivity index (χ0v) is 23.4. The molecule has 0 saturated heterocycles. The molecule has 12 heteroatoms. The number of nitrogens with zero attached hydrogens (tertiary/aromatic N) is 6. The van der Waals surface area contributed by atoms with Crippen LogP contribution in [0.5, 0.6) is 5.75 Å². The van der Waals surface area contributed by atoms with Gasteiger partial charge >= 0.3 is 5.97 Å². The van der Waals surface area contributed by atoms with E-state index in [0.717, 1.165) is 62.9 Å². The normalized spacial score (nSPS) is 13.4. The summed E-state index contributed by atoms with van der Waals surface area (Å²) in [4.78, 5) is 35.7. The number of carboxylic acid groups (broad SMARTS) is 1. The number of nitrogens with one attached hydrogen (secondary N) is 2. The van der Waals surface area contributed by atoms with Gasteiger partial charge in [0.15, 0.2) is 5.82 Å². The van der Waals surface area contributed by atoms with E-state index in [1.165, 1.54) is 24.2 Å². The number of hydrogen-bond donors (Lipinski definition) is 3. The van der Waals surface area contributed by atoms with E-state index in [0.29, 0.717) is 48.7 Å². The summed E-state index contributed by atoms with van der Waals surface area (Å²) in [5, 5.41) is 16.4. The lowest BCUT2D eigenvalue weighted by Gasteiger charge is -2.25. The molecule has 3 N–H and O–H groups in total. The summed E-state index contributed by atoms with van der Waals surface area (Å²) in [5.74, 6) is 0.302. The van der Waals surface area contributed by atoms with Crippen molar-refractivity contribution in [2.75, 3.05) is 43.4 Å². The smallest absolute Gasteiger partial charge is 0.326 e. The second kappa shape index (κ2) is 14.4. The molecule has 5 rings (SSSR count). The van der Waals surface area contributed by atoms with Gasteiger partial charge in [-0.3, -0.25) is 14.9 Å². The Labute approximate surface area is 243 Å². The van der Waals surface area contributed by atoms with Gasteiger partial charge in [0.25, 0.3) is 0 Å². The largest absolute Gasteiger partial charge is 0.491 e. The molecule has 1 atom stereocenters. The van der Waals surface area contributed by atoms with Crippen LogP contribution < -0.4 is 15.4 Å². The number of fused-ring (bicyclic) bond motifs is 2. The lowest BCUT2D eigenvalue weighted by Crippen LogP contribution is -2.37. The molecule has 42 heavy (non-hydrogen) atoms. The first-order chi connectivity index (χ1) is 20.5. The van der Waals surface area contributed by atoms with Crippen LogP contribution in [0.2, 0.25) is 0 Å². The highest BCUT2D eigenvalue weighted by Crippen LogP contribution is 2.21. The highest BCUT2D eigenvalue weighted by atomic mass is 19.1. The first-order valence-electron chi connectivity index (χ1n) is 14.3. The number of ether oxygens (including phenoxy) is 1. The molecule has 4 aromatic rings. The maximum Gasteiger partial charge on any atom is 0.326 e. The standard InChI is InChI=1S/C30H35FN8O3/c31-22-17-24(19-32-18-22)42-16-15-39(13-2-1-6-23-9-8-21-5-3-12-34-28(21)37-23)14-10-26(30(40)41)38-29-27-25(35-20-36-29)7-4-11-33-27/h4,7-9,11,17-20,26H,1-3,5-6,10,12-16H2,(H,34,37)(H,40,41)(H,35,36,38). The quantitative estimate of drug-likeness (QED) is 0.178. The summed E-state index contributed by atoms with van der Waals surface area (Å²) in [6.45, 7) is 3.07. The van der Waals surface area contributed by atoms with Crippen molar-refractivity contribution in [3.8, 4) is 5.75 Å². The minimum absolute atomic E-state index is 0.314. The van der Waals surface area contributed by atoms with Crippen LogP contribution in [0.3, 0.4) is 0 Å². The van der Waals surface area contributed by atoms with Crippen LogP contribution in [0.1, 0.15) is 36.9 Å². The molecule has 220 valence electrons. The van der Waals surface area contributed by atoms with Crippen molar-refractivity contribution in [2.24, 2.45) is 0 Å². The Balaban J connectivity index is 1.18. The SMILES string of the molecule is O=C(O)C(CCN(CCCCc1ccc2c(n1)NCCC2)CCOc1cncc(F)c1)Nc1ncnc2cccnc12. The molecular formula is C30H35FN8O3. The Morgan fingerprint density at radius 1 is 1.14 bits per heavy atom. The molecule has 1 unspecified atom stereocenters. The second-order valence-corrected chi connectivity index (χ2v) is 10.2. The van der Waals surface area contributed by atoms with Gasteiger partial charge in [0.05, 0.1) is 17.9 Å². The van der Waals surface area contributed by atoms with E-state index < -0.39 is 17.8 Å². The molecule has 11 nitrogen and oxygen atoms in total. The number of carboxylic acids is 1. The van der Waals surface area contributed by atoms with Crippen molar-refractivity contribution >= 4 is 28.6 Å². The molecule has 0 amide bonds. The predicted molar refractivity (Wildman–Crippen MR) is 157 cm³/mol. The number of rotatable bonds is 15. The van der Waals surface area contributed by atoms with Crippen molar-refractivity contribution < 1.29 is 19.0 Å². The molecule has 0 aromatic carbocycles. The zero-order valence-electron chi connectivity index (χ0n) is 23.4. The molecule has 0 fully saturated rings. The molecule has 0 spiro atoms. The van der Waals surface area contributed by atoms with Crippen molar-refractivity contribution in [3.05, 3.63) is 72.3 Å². The average molecular weight is 575 g/mol. The Bertz CT molecular complexity index is 1480. The number of pyridine rings is 3. The maximum atomic E-state index is 13.5. The van der Waals surface area contributed by atoms with E-state index in [2.05, 4.69) is 47.6 Å². The lowest BCUT2D eigenvalue weighted by atomic mass is 10.1. The van der Waals surface area contributed by atoms with Crippen LogP contribution in [-0.4, -0.2) is 79.7 Å². The van der Waals surface area contributed by atoms with Gasteiger partial charge in [-0.15, -0.1) is 0 Å². The number of anilines is 2. The van der Waals surface area contributed by atoms with Gasteiger partial charge in [-0.1, -0.05) is 6.07 Å². The van der Waals surface area contributed by atoms with E-state index in [1.54, 1.807) is 18.3 Å². The van der Waals surface area contributed by atoms with Crippen molar-refractivity contribution in [2.45, 2.75) is 44.6 Å². The summed E-state index contributed by atoms with van der Waals surface area (Å²) in [7, 11) is 0. The number of aryl methyl sites for hydroxylation is 2. The Hall–Kier alpha value is -4.45.